The van der Waals surface area contributed by atoms with E-state index in [1.807, 2.05) is 25.3 Å². The maximum absolute atomic E-state index is 5.73. The Morgan fingerprint density at radius 2 is 2.00 bits per heavy atom. The summed E-state index contributed by atoms with van der Waals surface area (Å²) >= 11 is 0. The molecule has 3 heteroatoms. The molecule has 0 amide bonds. The minimum atomic E-state index is 0.0445. The van der Waals surface area contributed by atoms with Gasteiger partial charge in [0.1, 0.15) is 5.82 Å². The van der Waals surface area contributed by atoms with E-state index in [2.05, 4.69) is 31.1 Å². The van der Waals surface area contributed by atoms with Gasteiger partial charge >= 0.3 is 0 Å². The third-order valence-electron chi connectivity index (χ3n) is 1.82. The maximum Gasteiger partial charge on any atom is 0.126 e. The van der Waals surface area contributed by atoms with Crippen LogP contribution >= 0.6 is 0 Å². The molecule has 0 saturated carbocycles. The van der Waals surface area contributed by atoms with Crippen molar-refractivity contribution in [3.8, 4) is 0 Å². The number of aromatic nitrogens is 1. The molecular formula is C11H19N3. The van der Waals surface area contributed by atoms with Crippen LogP contribution in [0.2, 0.25) is 0 Å². The Bertz CT molecular complexity index is 282. The lowest BCUT2D eigenvalue weighted by Gasteiger charge is -2.21. The van der Waals surface area contributed by atoms with Crippen LogP contribution in [0.15, 0.2) is 18.3 Å². The average molecular weight is 193 g/mol. The zero-order chi connectivity index (χ0) is 10.8. The first kappa shape index (κ1) is 11.0. The van der Waals surface area contributed by atoms with Crippen molar-refractivity contribution in [3.05, 3.63) is 23.9 Å². The van der Waals surface area contributed by atoms with Gasteiger partial charge in [-0.2, -0.15) is 0 Å². The Hall–Kier alpha value is -1.09. The SMILES string of the molecule is C[C@@H](N)c1ccc(NC(C)(C)C)nc1. The van der Waals surface area contributed by atoms with Crippen LogP contribution < -0.4 is 11.1 Å². The molecule has 3 nitrogen and oxygen atoms in total. The molecule has 0 unspecified atom stereocenters. The molecular weight excluding hydrogens is 174 g/mol. The van der Waals surface area contributed by atoms with E-state index in [0.717, 1.165) is 11.4 Å². The number of pyridine rings is 1. The van der Waals surface area contributed by atoms with E-state index in [-0.39, 0.29) is 11.6 Å². The highest BCUT2D eigenvalue weighted by Gasteiger charge is 2.09. The first-order valence-corrected chi connectivity index (χ1v) is 4.88. The van der Waals surface area contributed by atoms with Crippen molar-refractivity contribution in [3.63, 3.8) is 0 Å². The summed E-state index contributed by atoms with van der Waals surface area (Å²) in [5, 5.41) is 3.30. The maximum atomic E-state index is 5.73. The molecule has 1 aromatic heterocycles. The second-order valence-corrected chi connectivity index (χ2v) is 4.64. The molecule has 0 bridgehead atoms. The summed E-state index contributed by atoms with van der Waals surface area (Å²) in [5.41, 5.74) is 6.83. The molecule has 0 radical (unpaired) electrons. The number of nitrogens with two attached hydrogens (primary N) is 1. The van der Waals surface area contributed by atoms with Gasteiger partial charge in [-0.15, -0.1) is 0 Å². The van der Waals surface area contributed by atoms with Gasteiger partial charge < -0.3 is 11.1 Å². The summed E-state index contributed by atoms with van der Waals surface area (Å²) < 4.78 is 0. The van der Waals surface area contributed by atoms with E-state index in [4.69, 9.17) is 5.73 Å². The molecule has 0 fully saturated rings. The van der Waals surface area contributed by atoms with Crippen LogP contribution in [0.4, 0.5) is 5.82 Å². The second-order valence-electron chi connectivity index (χ2n) is 4.64. The molecule has 0 spiro atoms. The highest BCUT2D eigenvalue weighted by atomic mass is 15.0. The van der Waals surface area contributed by atoms with Crippen LogP contribution in [-0.2, 0) is 0 Å². The topological polar surface area (TPSA) is 50.9 Å². The summed E-state index contributed by atoms with van der Waals surface area (Å²) in [4.78, 5) is 4.29. The molecule has 14 heavy (non-hydrogen) atoms. The minimum absolute atomic E-state index is 0.0445. The molecule has 0 aromatic carbocycles. The van der Waals surface area contributed by atoms with Gasteiger partial charge in [0.25, 0.3) is 0 Å². The van der Waals surface area contributed by atoms with Gasteiger partial charge in [-0.3, -0.25) is 0 Å². The largest absolute Gasteiger partial charge is 0.365 e. The van der Waals surface area contributed by atoms with Crippen molar-refractivity contribution in [1.29, 1.82) is 0 Å². The number of nitrogens with one attached hydrogen (secondary N) is 1. The Morgan fingerprint density at radius 3 is 2.36 bits per heavy atom. The van der Waals surface area contributed by atoms with Crippen LogP contribution in [-0.4, -0.2) is 10.5 Å². The predicted octanol–water partition coefficient (Wildman–Crippen LogP) is 2.31. The lowest BCUT2D eigenvalue weighted by molar-refractivity contribution is 0.630. The highest BCUT2D eigenvalue weighted by molar-refractivity contribution is 5.38. The second kappa shape index (κ2) is 3.96. The fraction of sp³-hybridized carbons (Fsp3) is 0.545. The van der Waals surface area contributed by atoms with Crippen LogP contribution in [0.25, 0.3) is 0 Å². The van der Waals surface area contributed by atoms with E-state index >= 15 is 0 Å². The van der Waals surface area contributed by atoms with Crippen molar-refractivity contribution < 1.29 is 0 Å². The van der Waals surface area contributed by atoms with Crippen molar-refractivity contribution in [1.82, 2.24) is 4.98 Å². The van der Waals surface area contributed by atoms with Crippen molar-refractivity contribution in [2.75, 3.05) is 5.32 Å². The van der Waals surface area contributed by atoms with Gasteiger partial charge in [0.05, 0.1) is 0 Å². The van der Waals surface area contributed by atoms with E-state index in [0.29, 0.717) is 0 Å². The lowest BCUT2D eigenvalue weighted by Crippen LogP contribution is -2.26. The smallest absolute Gasteiger partial charge is 0.126 e. The molecule has 1 atom stereocenters. The number of rotatable bonds is 2. The van der Waals surface area contributed by atoms with Crippen LogP contribution in [0, 0.1) is 0 Å². The molecule has 1 rings (SSSR count). The molecule has 1 aromatic rings. The molecule has 0 aliphatic rings. The third-order valence-corrected chi connectivity index (χ3v) is 1.82. The normalized spacial score (nSPS) is 13.8. The van der Waals surface area contributed by atoms with Gasteiger partial charge in [0, 0.05) is 17.8 Å². The van der Waals surface area contributed by atoms with Crippen LogP contribution in [0.1, 0.15) is 39.3 Å². The van der Waals surface area contributed by atoms with Crippen molar-refractivity contribution in [2.45, 2.75) is 39.3 Å². The standard InChI is InChI=1S/C11H19N3/c1-8(12)9-5-6-10(13-7-9)14-11(2,3)4/h5-8H,12H2,1-4H3,(H,13,14)/t8-/m1/s1. The molecule has 78 valence electrons. The number of hydrogen-bond acceptors (Lipinski definition) is 3. The summed E-state index contributed by atoms with van der Waals surface area (Å²) in [7, 11) is 0. The quantitative estimate of drug-likeness (QED) is 0.757. The van der Waals surface area contributed by atoms with E-state index < -0.39 is 0 Å². The number of nitrogens with zero attached hydrogens (tertiary/aromatic N) is 1. The predicted molar refractivity (Wildman–Crippen MR) is 60.2 cm³/mol. The number of anilines is 1. The van der Waals surface area contributed by atoms with Gasteiger partial charge in [0.15, 0.2) is 0 Å². The van der Waals surface area contributed by atoms with E-state index in [1.165, 1.54) is 0 Å². The zero-order valence-electron chi connectivity index (χ0n) is 9.33. The monoisotopic (exact) mass is 193 g/mol. The third kappa shape index (κ3) is 3.34. The number of hydrogen-bond donors (Lipinski definition) is 2. The van der Waals surface area contributed by atoms with Crippen molar-refractivity contribution in [2.24, 2.45) is 5.73 Å². The van der Waals surface area contributed by atoms with Gasteiger partial charge in [-0.05, 0) is 39.3 Å². The zero-order valence-corrected chi connectivity index (χ0v) is 9.33. The Morgan fingerprint density at radius 1 is 1.36 bits per heavy atom. The first-order chi connectivity index (χ1) is 6.38. The Kier molecular flexibility index (Phi) is 3.11. The average Bonchev–Trinajstić information content (AvgIpc) is 2.02. The van der Waals surface area contributed by atoms with Gasteiger partial charge in [-0.1, -0.05) is 6.07 Å². The molecule has 0 saturated heterocycles. The summed E-state index contributed by atoms with van der Waals surface area (Å²) in [6, 6.07) is 4.02. The van der Waals surface area contributed by atoms with Crippen LogP contribution in [0.3, 0.4) is 0 Å². The van der Waals surface area contributed by atoms with E-state index in [1.54, 1.807) is 0 Å². The van der Waals surface area contributed by atoms with Crippen LogP contribution in [0.5, 0.6) is 0 Å². The molecule has 0 aliphatic heterocycles. The summed E-state index contributed by atoms with van der Waals surface area (Å²) in [6.45, 7) is 8.27. The Balaban J connectivity index is 2.74. The van der Waals surface area contributed by atoms with Crippen molar-refractivity contribution >= 4 is 5.82 Å². The fourth-order valence-corrected chi connectivity index (χ4v) is 1.13. The van der Waals surface area contributed by atoms with Gasteiger partial charge in [-0.25, -0.2) is 4.98 Å². The summed E-state index contributed by atoms with van der Waals surface area (Å²) in [5.74, 6) is 0.891. The minimum Gasteiger partial charge on any atom is -0.365 e. The molecule has 0 aliphatic carbocycles. The Labute approximate surface area is 85.7 Å². The fourth-order valence-electron chi connectivity index (χ4n) is 1.13. The summed E-state index contributed by atoms with van der Waals surface area (Å²) in [6.07, 6.45) is 1.82. The van der Waals surface area contributed by atoms with E-state index in [9.17, 15) is 0 Å². The molecule has 1 heterocycles. The van der Waals surface area contributed by atoms with Gasteiger partial charge in [0.2, 0.25) is 0 Å². The molecule has 3 N–H and O–H groups in total. The lowest BCUT2D eigenvalue weighted by atomic mass is 10.1. The highest BCUT2D eigenvalue weighted by Crippen LogP contribution is 2.14. The first-order valence-electron chi connectivity index (χ1n) is 4.88.